The van der Waals surface area contributed by atoms with E-state index in [0.717, 1.165) is 32.7 Å². The van der Waals surface area contributed by atoms with Gasteiger partial charge in [0.15, 0.2) is 0 Å². The molecule has 0 atom stereocenters. The summed E-state index contributed by atoms with van der Waals surface area (Å²) >= 11 is 0. The van der Waals surface area contributed by atoms with E-state index in [1.165, 1.54) is 6.07 Å². The van der Waals surface area contributed by atoms with E-state index in [4.69, 9.17) is 10.4 Å². The first-order chi connectivity index (χ1) is 13.9. The van der Waals surface area contributed by atoms with Crippen LogP contribution >= 0.6 is 0 Å². The van der Waals surface area contributed by atoms with Crippen LogP contribution in [0.1, 0.15) is 21.5 Å². The van der Waals surface area contributed by atoms with Gasteiger partial charge in [-0.2, -0.15) is 0 Å². The molecule has 6 heteroatoms. The lowest BCUT2D eigenvalue weighted by atomic mass is 10.0. The molecule has 0 aliphatic heterocycles. The second-order valence-corrected chi connectivity index (χ2v) is 6.59. The maximum absolute atomic E-state index is 10.7. The summed E-state index contributed by atoms with van der Waals surface area (Å²) in [4.78, 5) is 14.8. The monoisotopic (exact) mass is 392 g/mol. The Morgan fingerprint density at radius 1 is 0.862 bits per heavy atom. The highest BCUT2D eigenvalue weighted by Crippen LogP contribution is 2.26. The molecule has 0 aliphatic carbocycles. The molecule has 4 rings (SSSR count). The molecular formula is C23H20O6. The Labute approximate surface area is 166 Å². The molecule has 0 aliphatic rings. The molecule has 0 heterocycles. The Morgan fingerprint density at radius 2 is 1.55 bits per heavy atom. The van der Waals surface area contributed by atoms with Gasteiger partial charge in [-0.25, -0.2) is 9.68 Å². The molecule has 0 amide bonds. The summed E-state index contributed by atoms with van der Waals surface area (Å²) in [6.45, 7) is 1.98. The van der Waals surface area contributed by atoms with Crippen LogP contribution in [0.4, 0.5) is 0 Å². The highest BCUT2D eigenvalue weighted by Gasteiger charge is 2.06. The summed E-state index contributed by atoms with van der Waals surface area (Å²) in [5.74, 6) is -0.461. The number of phenolic OH excluding ortho intramolecular Hbond substituents is 2. The van der Waals surface area contributed by atoms with Crippen molar-refractivity contribution in [2.75, 3.05) is 0 Å². The molecule has 0 aromatic heterocycles. The van der Waals surface area contributed by atoms with E-state index < -0.39 is 5.97 Å². The molecule has 0 unspecified atom stereocenters. The Kier molecular flexibility index (Phi) is 5.97. The number of carbonyl (C=O) groups is 1. The van der Waals surface area contributed by atoms with Crippen LogP contribution < -0.4 is 0 Å². The third kappa shape index (κ3) is 4.63. The standard InChI is InChI=1S/C12H10O3.C11H10O3/c1-7-10-4-2-9(12(14)15)6-8(10)3-5-11(7)13;12-11-4-3-9-5-8(7-14-13)1-2-10(9)6-11/h2-6,13H,1H3,(H,14,15);1-6,12-13H,7H2. The molecule has 0 saturated heterocycles. The average Bonchev–Trinajstić information content (AvgIpc) is 2.71. The molecule has 0 fully saturated rings. The van der Waals surface area contributed by atoms with Crippen LogP contribution in [0.25, 0.3) is 21.5 Å². The minimum Gasteiger partial charge on any atom is -0.508 e. The zero-order chi connectivity index (χ0) is 21.0. The van der Waals surface area contributed by atoms with Gasteiger partial charge in [0, 0.05) is 0 Å². The third-order valence-electron chi connectivity index (χ3n) is 4.63. The zero-order valence-corrected chi connectivity index (χ0v) is 15.7. The first-order valence-electron chi connectivity index (χ1n) is 8.82. The van der Waals surface area contributed by atoms with Crippen molar-refractivity contribution >= 4 is 27.5 Å². The predicted molar refractivity (Wildman–Crippen MR) is 110 cm³/mol. The maximum Gasteiger partial charge on any atom is 0.335 e. The number of hydrogen-bond donors (Lipinski definition) is 4. The van der Waals surface area contributed by atoms with Gasteiger partial charge in [0.1, 0.15) is 18.1 Å². The van der Waals surface area contributed by atoms with Gasteiger partial charge < -0.3 is 15.3 Å². The predicted octanol–water partition coefficient (Wildman–Crippen LogP) is 5.09. The molecule has 4 N–H and O–H groups in total. The number of benzene rings is 4. The normalized spacial score (nSPS) is 10.6. The Balaban J connectivity index is 0.000000166. The minimum atomic E-state index is -0.942. The number of fused-ring (bicyclic) bond motifs is 2. The molecule has 148 valence electrons. The summed E-state index contributed by atoms with van der Waals surface area (Å²) in [5.41, 5.74) is 1.92. The van der Waals surface area contributed by atoms with E-state index in [-0.39, 0.29) is 23.7 Å². The van der Waals surface area contributed by atoms with Crippen molar-refractivity contribution in [3.8, 4) is 11.5 Å². The van der Waals surface area contributed by atoms with Crippen molar-refractivity contribution in [3.05, 3.63) is 83.4 Å². The van der Waals surface area contributed by atoms with Crippen molar-refractivity contribution < 1.29 is 30.3 Å². The van der Waals surface area contributed by atoms with Crippen LogP contribution in [0.3, 0.4) is 0 Å². The van der Waals surface area contributed by atoms with Crippen molar-refractivity contribution in [1.82, 2.24) is 0 Å². The molecular weight excluding hydrogens is 372 g/mol. The fraction of sp³-hybridized carbons (Fsp3) is 0.0870. The summed E-state index contributed by atoms with van der Waals surface area (Å²) in [7, 11) is 0. The van der Waals surface area contributed by atoms with Crippen molar-refractivity contribution in [3.63, 3.8) is 0 Å². The molecule has 29 heavy (non-hydrogen) atoms. The molecule has 4 aromatic carbocycles. The van der Waals surface area contributed by atoms with Gasteiger partial charge in [-0.3, -0.25) is 5.26 Å². The third-order valence-corrected chi connectivity index (χ3v) is 4.63. The number of aromatic hydroxyl groups is 2. The van der Waals surface area contributed by atoms with Crippen LogP contribution in [0.15, 0.2) is 66.7 Å². The van der Waals surface area contributed by atoms with Crippen molar-refractivity contribution in [2.24, 2.45) is 0 Å². The van der Waals surface area contributed by atoms with Crippen LogP contribution in [-0.2, 0) is 11.5 Å². The van der Waals surface area contributed by atoms with Gasteiger partial charge in [0.25, 0.3) is 0 Å². The highest BCUT2D eigenvalue weighted by molar-refractivity contribution is 5.96. The summed E-state index contributed by atoms with van der Waals surface area (Å²) < 4.78 is 0. The van der Waals surface area contributed by atoms with Gasteiger partial charge in [-0.05, 0) is 76.0 Å². The average molecular weight is 392 g/mol. The summed E-state index contributed by atoms with van der Waals surface area (Å²) in [5, 5.41) is 39.5. The first kappa shape index (κ1) is 20.1. The maximum atomic E-state index is 10.7. The number of hydrogen-bond acceptors (Lipinski definition) is 5. The number of phenols is 2. The Hall–Kier alpha value is -3.61. The smallest absolute Gasteiger partial charge is 0.335 e. The second-order valence-electron chi connectivity index (χ2n) is 6.59. The van der Waals surface area contributed by atoms with E-state index >= 15 is 0 Å². The fourth-order valence-electron chi connectivity index (χ4n) is 3.05. The van der Waals surface area contributed by atoms with E-state index in [2.05, 4.69) is 4.89 Å². The zero-order valence-electron chi connectivity index (χ0n) is 15.7. The first-order valence-corrected chi connectivity index (χ1v) is 8.82. The summed E-state index contributed by atoms with van der Waals surface area (Å²) in [6, 6.07) is 18.9. The van der Waals surface area contributed by atoms with Crippen LogP contribution in [0.5, 0.6) is 11.5 Å². The SMILES string of the molecule is Cc1c(O)ccc2cc(C(=O)O)ccc12.OOCc1ccc2cc(O)ccc2c1. The molecule has 0 bridgehead atoms. The van der Waals surface area contributed by atoms with Gasteiger partial charge in [-0.15, -0.1) is 0 Å². The quantitative estimate of drug-likeness (QED) is 0.286. The lowest BCUT2D eigenvalue weighted by molar-refractivity contribution is -0.252. The van der Waals surface area contributed by atoms with E-state index in [0.29, 0.717) is 0 Å². The van der Waals surface area contributed by atoms with Crippen LogP contribution in [-0.4, -0.2) is 26.5 Å². The fourth-order valence-corrected chi connectivity index (χ4v) is 3.05. The van der Waals surface area contributed by atoms with Gasteiger partial charge >= 0.3 is 5.97 Å². The van der Waals surface area contributed by atoms with Crippen molar-refractivity contribution in [2.45, 2.75) is 13.5 Å². The lowest BCUT2D eigenvalue weighted by Crippen LogP contribution is -1.95. The lowest BCUT2D eigenvalue weighted by Gasteiger charge is -2.05. The number of carboxylic acids is 1. The van der Waals surface area contributed by atoms with Gasteiger partial charge in [0.05, 0.1) is 5.56 Å². The molecule has 4 aromatic rings. The Morgan fingerprint density at radius 3 is 2.28 bits per heavy atom. The molecule has 6 nitrogen and oxygen atoms in total. The van der Waals surface area contributed by atoms with E-state index in [1.807, 2.05) is 24.3 Å². The Bertz CT molecular complexity index is 1180. The highest BCUT2D eigenvalue weighted by atomic mass is 17.1. The number of aromatic carboxylic acids is 1. The van der Waals surface area contributed by atoms with Crippen molar-refractivity contribution in [1.29, 1.82) is 0 Å². The number of aryl methyl sites for hydroxylation is 1. The second kappa shape index (κ2) is 8.60. The van der Waals surface area contributed by atoms with Crippen LogP contribution in [0, 0.1) is 6.92 Å². The van der Waals surface area contributed by atoms with E-state index in [9.17, 15) is 15.0 Å². The molecule has 0 spiro atoms. The minimum absolute atomic E-state index is 0.177. The number of carboxylic acid groups (broad SMARTS) is 1. The topological polar surface area (TPSA) is 107 Å². The van der Waals surface area contributed by atoms with Crippen LogP contribution in [0.2, 0.25) is 0 Å². The molecule has 0 saturated carbocycles. The van der Waals surface area contributed by atoms with E-state index in [1.54, 1.807) is 43.3 Å². The number of rotatable bonds is 3. The summed E-state index contributed by atoms with van der Waals surface area (Å²) in [6.07, 6.45) is 0. The van der Waals surface area contributed by atoms with Gasteiger partial charge in [0.2, 0.25) is 0 Å². The largest absolute Gasteiger partial charge is 0.508 e. The van der Waals surface area contributed by atoms with Gasteiger partial charge in [-0.1, -0.05) is 30.3 Å². The molecule has 0 radical (unpaired) electrons.